The molecule has 3 heteroatoms. The Bertz CT molecular complexity index is 263. The van der Waals surface area contributed by atoms with E-state index in [4.69, 9.17) is 9.47 Å². The fourth-order valence-corrected chi connectivity index (χ4v) is 3.70. The van der Waals surface area contributed by atoms with Crippen LogP contribution < -0.4 is 0 Å². The molecule has 1 spiro atoms. The molecule has 3 atom stereocenters. The molecule has 2 fully saturated rings. The van der Waals surface area contributed by atoms with Crippen LogP contribution in [0.2, 0.25) is 0 Å². The molecule has 0 bridgehead atoms. The first-order valence-corrected chi connectivity index (χ1v) is 6.99. The zero-order valence-electron chi connectivity index (χ0n) is 11.9. The van der Waals surface area contributed by atoms with Gasteiger partial charge in [-0.15, -0.1) is 0 Å². The summed E-state index contributed by atoms with van der Waals surface area (Å²) >= 11 is 0. The minimum atomic E-state index is -0.0694. The molecule has 2 saturated heterocycles. The molecule has 3 unspecified atom stereocenters. The molecular formula is C14H27NO2. The predicted octanol–water partition coefficient (Wildman–Crippen LogP) is 2.50. The Labute approximate surface area is 105 Å². The first-order chi connectivity index (χ1) is 7.99. The second kappa shape index (κ2) is 4.87. The monoisotopic (exact) mass is 241 g/mol. The molecule has 0 saturated carbocycles. The Morgan fingerprint density at radius 1 is 1.18 bits per heavy atom. The van der Waals surface area contributed by atoms with Crippen LogP contribution in [0.5, 0.6) is 0 Å². The lowest BCUT2D eigenvalue weighted by Crippen LogP contribution is -2.60. The molecule has 2 aliphatic heterocycles. The highest BCUT2D eigenvalue weighted by Gasteiger charge is 2.54. The van der Waals surface area contributed by atoms with Crippen LogP contribution in [-0.4, -0.2) is 42.5 Å². The lowest BCUT2D eigenvalue weighted by molar-refractivity contribution is -0.204. The fourth-order valence-electron chi connectivity index (χ4n) is 3.70. The van der Waals surface area contributed by atoms with Gasteiger partial charge in [0.15, 0.2) is 0 Å². The number of rotatable bonds is 2. The maximum atomic E-state index is 6.29. The maximum absolute atomic E-state index is 6.29. The van der Waals surface area contributed by atoms with E-state index in [0.717, 1.165) is 26.2 Å². The van der Waals surface area contributed by atoms with Gasteiger partial charge in [0.25, 0.3) is 0 Å². The van der Waals surface area contributed by atoms with Gasteiger partial charge in [0.05, 0.1) is 19.8 Å². The normalized spacial score (nSPS) is 39.7. The van der Waals surface area contributed by atoms with E-state index in [0.29, 0.717) is 23.9 Å². The molecule has 0 aromatic rings. The van der Waals surface area contributed by atoms with Crippen LogP contribution in [0.4, 0.5) is 0 Å². The number of ether oxygens (including phenoxy) is 2. The van der Waals surface area contributed by atoms with Crippen molar-refractivity contribution in [3.8, 4) is 0 Å². The average Bonchev–Trinajstić information content (AvgIpc) is 2.56. The van der Waals surface area contributed by atoms with Crippen molar-refractivity contribution < 1.29 is 9.47 Å². The van der Waals surface area contributed by atoms with Gasteiger partial charge in [-0.3, -0.25) is 4.90 Å². The molecule has 3 nitrogen and oxygen atoms in total. The van der Waals surface area contributed by atoms with Crippen molar-refractivity contribution in [1.29, 1.82) is 0 Å². The van der Waals surface area contributed by atoms with Crippen molar-refractivity contribution in [2.45, 2.75) is 58.8 Å². The summed E-state index contributed by atoms with van der Waals surface area (Å²) < 4.78 is 12.0. The van der Waals surface area contributed by atoms with Gasteiger partial charge >= 0.3 is 0 Å². The third kappa shape index (κ3) is 2.13. The topological polar surface area (TPSA) is 21.7 Å². The van der Waals surface area contributed by atoms with Gasteiger partial charge in [-0.05, 0) is 26.7 Å². The highest BCUT2D eigenvalue weighted by molar-refractivity contribution is 4.99. The molecule has 0 aromatic carbocycles. The van der Waals surface area contributed by atoms with Crippen LogP contribution in [0.1, 0.15) is 41.0 Å². The SMILES string of the molecule is CC(C)C1COCCC12OCC(C)N2C(C)C. The summed E-state index contributed by atoms with van der Waals surface area (Å²) in [6.07, 6.45) is 1.01. The average molecular weight is 241 g/mol. The molecular weight excluding hydrogens is 214 g/mol. The van der Waals surface area contributed by atoms with Gasteiger partial charge in [0.1, 0.15) is 5.72 Å². The summed E-state index contributed by atoms with van der Waals surface area (Å²) in [4.78, 5) is 2.58. The Morgan fingerprint density at radius 2 is 1.88 bits per heavy atom. The van der Waals surface area contributed by atoms with Crippen LogP contribution >= 0.6 is 0 Å². The summed E-state index contributed by atoms with van der Waals surface area (Å²) in [7, 11) is 0. The Hall–Kier alpha value is -0.120. The van der Waals surface area contributed by atoms with Crippen molar-refractivity contribution >= 4 is 0 Å². The summed E-state index contributed by atoms with van der Waals surface area (Å²) in [5, 5.41) is 0. The molecule has 0 aliphatic carbocycles. The molecule has 2 rings (SSSR count). The minimum absolute atomic E-state index is 0.0694. The summed E-state index contributed by atoms with van der Waals surface area (Å²) in [5.41, 5.74) is -0.0694. The predicted molar refractivity (Wildman–Crippen MR) is 68.9 cm³/mol. The van der Waals surface area contributed by atoms with E-state index in [9.17, 15) is 0 Å². The van der Waals surface area contributed by atoms with E-state index < -0.39 is 0 Å². The maximum Gasteiger partial charge on any atom is 0.129 e. The van der Waals surface area contributed by atoms with Crippen LogP contribution in [0, 0.1) is 11.8 Å². The molecule has 2 heterocycles. The van der Waals surface area contributed by atoms with Gasteiger partial charge in [-0.2, -0.15) is 0 Å². The van der Waals surface area contributed by atoms with Gasteiger partial charge in [0, 0.05) is 24.4 Å². The molecule has 100 valence electrons. The van der Waals surface area contributed by atoms with Crippen LogP contribution in [0.3, 0.4) is 0 Å². The lowest BCUT2D eigenvalue weighted by Gasteiger charge is -2.50. The number of hydrogen-bond acceptors (Lipinski definition) is 3. The van der Waals surface area contributed by atoms with Gasteiger partial charge in [0.2, 0.25) is 0 Å². The van der Waals surface area contributed by atoms with E-state index >= 15 is 0 Å². The highest BCUT2D eigenvalue weighted by Crippen LogP contribution is 2.44. The van der Waals surface area contributed by atoms with Crippen molar-refractivity contribution in [3.05, 3.63) is 0 Å². The van der Waals surface area contributed by atoms with E-state index in [2.05, 4.69) is 39.5 Å². The third-order valence-corrected chi connectivity index (χ3v) is 4.33. The summed E-state index contributed by atoms with van der Waals surface area (Å²) in [6.45, 7) is 13.9. The Morgan fingerprint density at radius 3 is 2.47 bits per heavy atom. The minimum Gasteiger partial charge on any atom is -0.381 e. The van der Waals surface area contributed by atoms with Gasteiger partial charge in [-0.1, -0.05) is 13.8 Å². The van der Waals surface area contributed by atoms with Gasteiger partial charge < -0.3 is 9.47 Å². The van der Waals surface area contributed by atoms with Crippen molar-refractivity contribution in [3.63, 3.8) is 0 Å². The zero-order chi connectivity index (χ0) is 12.6. The first kappa shape index (κ1) is 13.3. The summed E-state index contributed by atoms with van der Waals surface area (Å²) in [6, 6.07) is 1.06. The van der Waals surface area contributed by atoms with Crippen LogP contribution in [0.15, 0.2) is 0 Å². The molecule has 0 N–H and O–H groups in total. The van der Waals surface area contributed by atoms with E-state index in [1.54, 1.807) is 0 Å². The fraction of sp³-hybridized carbons (Fsp3) is 1.00. The van der Waals surface area contributed by atoms with Crippen molar-refractivity contribution in [2.24, 2.45) is 11.8 Å². The molecule has 0 aromatic heterocycles. The zero-order valence-corrected chi connectivity index (χ0v) is 11.9. The van der Waals surface area contributed by atoms with E-state index in [-0.39, 0.29) is 5.72 Å². The third-order valence-electron chi connectivity index (χ3n) is 4.33. The van der Waals surface area contributed by atoms with Crippen molar-refractivity contribution in [2.75, 3.05) is 19.8 Å². The largest absolute Gasteiger partial charge is 0.381 e. The molecule has 0 amide bonds. The van der Waals surface area contributed by atoms with Gasteiger partial charge in [-0.25, -0.2) is 0 Å². The molecule has 2 aliphatic rings. The molecule has 17 heavy (non-hydrogen) atoms. The number of nitrogens with zero attached hydrogens (tertiary/aromatic N) is 1. The molecule has 0 radical (unpaired) electrons. The second-order valence-corrected chi connectivity index (χ2v) is 6.18. The van der Waals surface area contributed by atoms with Crippen LogP contribution in [-0.2, 0) is 9.47 Å². The van der Waals surface area contributed by atoms with Crippen molar-refractivity contribution in [1.82, 2.24) is 4.90 Å². The van der Waals surface area contributed by atoms with E-state index in [1.807, 2.05) is 0 Å². The quantitative estimate of drug-likeness (QED) is 0.741. The van der Waals surface area contributed by atoms with E-state index in [1.165, 1.54) is 0 Å². The number of hydrogen-bond donors (Lipinski definition) is 0. The smallest absolute Gasteiger partial charge is 0.129 e. The first-order valence-electron chi connectivity index (χ1n) is 6.99. The van der Waals surface area contributed by atoms with Crippen LogP contribution in [0.25, 0.3) is 0 Å². The highest BCUT2D eigenvalue weighted by atomic mass is 16.5. The lowest BCUT2D eigenvalue weighted by atomic mass is 9.81. The summed E-state index contributed by atoms with van der Waals surface area (Å²) in [5.74, 6) is 1.09. The Kier molecular flexibility index (Phi) is 3.81. The standard InChI is InChI=1S/C14H27NO2/c1-10(2)13-9-16-7-6-14(13)15(11(3)4)12(5)8-17-14/h10-13H,6-9H2,1-5H3. The Balaban J connectivity index is 2.30. The second-order valence-electron chi connectivity index (χ2n) is 6.18.